The smallest absolute Gasteiger partial charge is 0.407 e. The summed E-state index contributed by atoms with van der Waals surface area (Å²) in [6.07, 6.45) is -0.372. The summed E-state index contributed by atoms with van der Waals surface area (Å²) in [5.41, 5.74) is 5.00. The van der Waals surface area contributed by atoms with Gasteiger partial charge in [0.05, 0.1) is 5.54 Å². The number of cyclic esters (lactones) is 1. The van der Waals surface area contributed by atoms with Gasteiger partial charge in [-0.3, -0.25) is 0 Å². The molecule has 1 unspecified atom stereocenters. The summed E-state index contributed by atoms with van der Waals surface area (Å²) in [4.78, 5) is 10.4. The number of alkyl carbamates (subject to hydrolysis) is 1. The fourth-order valence-electron chi connectivity index (χ4n) is 0.653. The first-order valence-corrected chi connectivity index (χ1v) is 2.81. The molecule has 0 spiro atoms. The largest absolute Gasteiger partial charge is 0.447 e. The Morgan fingerprint density at radius 2 is 2.67 bits per heavy atom. The summed E-state index contributed by atoms with van der Waals surface area (Å²) in [5.74, 6) is 0. The van der Waals surface area contributed by atoms with Gasteiger partial charge >= 0.3 is 6.09 Å². The van der Waals surface area contributed by atoms with E-state index < -0.39 is 0 Å². The van der Waals surface area contributed by atoms with Gasteiger partial charge in [-0.05, 0) is 6.92 Å². The lowest BCUT2D eigenvalue weighted by atomic mass is 10.1. The summed E-state index contributed by atoms with van der Waals surface area (Å²) in [6.45, 7) is 2.64. The molecule has 3 N–H and O–H groups in total. The lowest BCUT2D eigenvalue weighted by molar-refractivity contribution is 0.173. The van der Waals surface area contributed by atoms with Crippen LogP contribution in [-0.4, -0.2) is 24.8 Å². The van der Waals surface area contributed by atoms with Gasteiger partial charge in [-0.15, -0.1) is 0 Å². The van der Waals surface area contributed by atoms with Gasteiger partial charge in [0.25, 0.3) is 0 Å². The summed E-state index contributed by atoms with van der Waals surface area (Å²) >= 11 is 0. The highest BCUT2D eigenvalue weighted by atomic mass is 16.6. The molecule has 9 heavy (non-hydrogen) atoms. The zero-order chi connectivity index (χ0) is 6.91. The number of nitrogens with one attached hydrogen (secondary N) is 1. The number of hydrogen-bond acceptors (Lipinski definition) is 3. The molecule has 0 saturated carbocycles. The summed E-state index contributed by atoms with van der Waals surface area (Å²) < 4.78 is 4.63. The minimum atomic E-state index is -0.372. The van der Waals surface area contributed by atoms with Crippen molar-refractivity contribution in [3.8, 4) is 0 Å². The van der Waals surface area contributed by atoms with Crippen LogP contribution >= 0.6 is 0 Å². The quantitative estimate of drug-likeness (QED) is 0.500. The summed E-state index contributed by atoms with van der Waals surface area (Å²) in [5, 5.41) is 2.59. The molecule has 1 heterocycles. The number of hydrogen-bond donors (Lipinski definition) is 2. The zero-order valence-corrected chi connectivity index (χ0v) is 5.31. The van der Waals surface area contributed by atoms with E-state index in [2.05, 4.69) is 10.1 Å². The number of carbonyl (C=O) groups is 1. The lowest BCUT2D eigenvalue weighted by Crippen LogP contribution is -2.46. The molecule has 1 rings (SSSR count). The van der Waals surface area contributed by atoms with E-state index in [1.807, 2.05) is 6.92 Å². The van der Waals surface area contributed by atoms with Crippen molar-refractivity contribution >= 4 is 6.09 Å². The fraction of sp³-hybridized carbons (Fsp3) is 0.800. The minimum absolute atomic E-state index is 0.336. The summed E-state index contributed by atoms with van der Waals surface area (Å²) in [7, 11) is 0. The Labute approximate surface area is 53.4 Å². The number of rotatable bonds is 1. The molecule has 1 saturated heterocycles. The number of amides is 1. The van der Waals surface area contributed by atoms with Crippen LogP contribution in [0.1, 0.15) is 6.92 Å². The molecule has 0 aromatic carbocycles. The van der Waals surface area contributed by atoms with Gasteiger partial charge in [-0.25, -0.2) is 4.79 Å². The van der Waals surface area contributed by atoms with Gasteiger partial charge in [0.15, 0.2) is 0 Å². The van der Waals surface area contributed by atoms with Crippen molar-refractivity contribution in [1.82, 2.24) is 5.32 Å². The molecule has 52 valence electrons. The Kier molecular flexibility index (Phi) is 1.32. The molecular weight excluding hydrogens is 120 g/mol. The molecule has 0 radical (unpaired) electrons. The van der Waals surface area contributed by atoms with E-state index >= 15 is 0 Å². The molecule has 1 fully saturated rings. The van der Waals surface area contributed by atoms with Crippen LogP contribution in [0.4, 0.5) is 4.79 Å². The Morgan fingerprint density at radius 3 is 2.89 bits per heavy atom. The number of nitrogens with two attached hydrogens (primary N) is 1. The maximum Gasteiger partial charge on any atom is 0.407 e. The molecule has 1 amide bonds. The normalized spacial score (nSPS) is 33.8. The zero-order valence-electron chi connectivity index (χ0n) is 5.31. The highest BCUT2D eigenvalue weighted by Crippen LogP contribution is 2.08. The Morgan fingerprint density at radius 1 is 2.00 bits per heavy atom. The van der Waals surface area contributed by atoms with Crippen molar-refractivity contribution in [2.24, 2.45) is 5.73 Å². The molecule has 0 bridgehead atoms. The first kappa shape index (κ1) is 6.35. The van der Waals surface area contributed by atoms with Crippen LogP contribution in [0.3, 0.4) is 0 Å². The van der Waals surface area contributed by atoms with Gasteiger partial charge in [0, 0.05) is 6.54 Å². The van der Waals surface area contributed by atoms with Crippen LogP contribution in [-0.2, 0) is 4.74 Å². The Hall–Kier alpha value is -0.770. The molecule has 1 aliphatic heterocycles. The first-order chi connectivity index (χ1) is 4.16. The Balaban J connectivity index is 2.54. The third kappa shape index (κ3) is 1.13. The average molecular weight is 130 g/mol. The predicted molar refractivity (Wildman–Crippen MR) is 31.9 cm³/mol. The van der Waals surface area contributed by atoms with Gasteiger partial charge < -0.3 is 15.8 Å². The van der Waals surface area contributed by atoms with E-state index in [9.17, 15) is 4.79 Å². The molecular formula is C5H10N2O2. The minimum Gasteiger partial charge on any atom is -0.447 e. The van der Waals surface area contributed by atoms with E-state index in [0.29, 0.717) is 13.2 Å². The molecule has 4 nitrogen and oxygen atoms in total. The molecule has 1 aliphatic rings. The third-order valence-electron chi connectivity index (χ3n) is 1.38. The second-order valence-electron chi connectivity index (χ2n) is 2.47. The standard InChI is InChI=1S/C5H10N2O2/c1-5(2-6)3-9-4(8)7-5/h2-3,6H2,1H3,(H,7,8). The first-order valence-electron chi connectivity index (χ1n) is 2.81. The lowest BCUT2D eigenvalue weighted by Gasteiger charge is -2.16. The van der Waals surface area contributed by atoms with Crippen LogP contribution < -0.4 is 11.1 Å². The monoisotopic (exact) mass is 130 g/mol. The molecule has 0 aliphatic carbocycles. The van der Waals surface area contributed by atoms with Crippen LogP contribution in [0.5, 0.6) is 0 Å². The SMILES string of the molecule is CC1(CN)COC(=O)N1. The van der Waals surface area contributed by atoms with E-state index in [1.54, 1.807) is 0 Å². The maximum absolute atomic E-state index is 10.4. The van der Waals surface area contributed by atoms with Crippen LogP contribution in [0.25, 0.3) is 0 Å². The topological polar surface area (TPSA) is 64.3 Å². The highest BCUT2D eigenvalue weighted by Gasteiger charge is 2.32. The van der Waals surface area contributed by atoms with Crippen molar-refractivity contribution < 1.29 is 9.53 Å². The van der Waals surface area contributed by atoms with Crippen molar-refractivity contribution in [3.05, 3.63) is 0 Å². The van der Waals surface area contributed by atoms with Gasteiger partial charge in [-0.2, -0.15) is 0 Å². The average Bonchev–Trinajstić information content (AvgIpc) is 2.13. The van der Waals surface area contributed by atoms with Crippen LogP contribution in [0, 0.1) is 0 Å². The predicted octanol–water partition coefficient (Wildman–Crippen LogP) is -0.556. The second-order valence-corrected chi connectivity index (χ2v) is 2.47. The van der Waals surface area contributed by atoms with Crippen molar-refractivity contribution in [2.75, 3.05) is 13.2 Å². The van der Waals surface area contributed by atoms with Crippen molar-refractivity contribution in [2.45, 2.75) is 12.5 Å². The molecule has 0 aromatic rings. The third-order valence-corrected chi connectivity index (χ3v) is 1.38. The number of carbonyl (C=O) groups excluding carboxylic acids is 1. The van der Waals surface area contributed by atoms with E-state index in [0.717, 1.165) is 0 Å². The molecule has 4 heteroatoms. The second kappa shape index (κ2) is 1.88. The van der Waals surface area contributed by atoms with E-state index in [4.69, 9.17) is 5.73 Å². The fourth-order valence-corrected chi connectivity index (χ4v) is 0.653. The maximum atomic E-state index is 10.4. The van der Waals surface area contributed by atoms with Crippen molar-refractivity contribution in [1.29, 1.82) is 0 Å². The van der Waals surface area contributed by atoms with Gasteiger partial charge in [-0.1, -0.05) is 0 Å². The van der Waals surface area contributed by atoms with E-state index in [1.165, 1.54) is 0 Å². The molecule has 1 atom stereocenters. The Bertz CT molecular complexity index is 137. The van der Waals surface area contributed by atoms with Crippen LogP contribution in [0.15, 0.2) is 0 Å². The van der Waals surface area contributed by atoms with Crippen molar-refractivity contribution in [3.63, 3.8) is 0 Å². The van der Waals surface area contributed by atoms with E-state index in [-0.39, 0.29) is 11.6 Å². The van der Waals surface area contributed by atoms with Gasteiger partial charge in [0.2, 0.25) is 0 Å². The molecule has 0 aromatic heterocycles. The van der Waals surface area contributed by atoms with Crippen LogP contribution in [0.2, 0.25) is 0 Å². The summed E-state index contributed by atoms with van der Waals surface area (Å²) in [6, 6.07) is 0. The van der Waals surface area contributed by atoms with Gasteiger partial charge in [0.1, 0.15) is 6.61 Å². The highest BCUT2D eigenvalue weighted by molar-refractivity contribution is 5.70. The number of ether oxygens (including phenoxy) is 1.